The third-order valence-electron chi connectivity index (χ3n) is 5.26. The maximum absolute atomic E-state index is 12.6. The summed E-state index contributed by atoms with van der Waals surface area (Å²) in [6, 6.07) is 16.7. The van der Waals surface area contributed by atoms with Crippen LogP contribution in [-0.4, -0.2) is 55.8 Å². The second-order valence-corrected chi connectivity index (χ2v) is 11.5. The Kier molecular flexibility index (Phi) is 14.2. The fourth-order valence-corrected chi connectivity index (χ4v) is 5.46. The van der Waals surface area contributed by atoms with Crippen LogP contribution in [0.2, 0.25) is 10.0 Å². The maximum Gasteiger partial charge on any atom is 0.300 e. The SMILES string of the molecule is CC(=O)O.CCC(C(C)S(=O)C(C)C)N1C(=O)COCC1c1ccc(Cl)cc1.Clc1ccccc1. The first kappa shape index (κ1) is 31.1. The van der Waals surface area contributed by atoms with Crippen molar-refractivity contribution in [2.75, 3.05) is 13.2 Å². The first-order valence-electron chi connectivity index (χ1n) is 11.4. The quantitative estimate of drug-likeness (QED) is 0.483. The third kappa shape index (κ3) is 10.7. The van der Waals surface area contributed by atoms with Crippen molar-refractivity contribution < 1.29 is 23.6 Å². The Morgan fingerprint density at radius 1 is 1.09 bits per heavy atom. The molecule has 6 nitrogen and oxygen atoms in total. The van der Waals surface area contributed by atoms with E-state index in [-0.39, 0.29) is 35.1 Å². The van der Waals surface area contributed by atoms with E-state index in [1.54, 1.807) is 0 Å². The molecule has 4 atom stereocenters. The van der Waals surface area contributed by atoms with E-state index >= 15 is 0 Å². The van der Waals surface area contributed by atoms with Crippen molar-refractivity contribution in [1.82, 2.24) is 4.90 Å². The third-order valence-corrected chi connectivity index (χ3v) is 7.74. The van der Waals surface area contributed by atoms with Crippen LogP contribution in [0.25, 0.3) is 0 Å². The number of rotatable bonds is 6. The van der Waals surface area contributed by atoms with Crippen LogP contribution in [0.5, 0.6) is 0 Å². The Labute approximate surface area is 221 Å². The second-order valence-electron chi connectivity index (χ2n) is 8.26. The molecule has 9 heteroatoms. The predicted molar refractivity (Wildman–Crippen MR) is 143 cm³/mol. The molecule has 1 heterocycles. The molecule has 3 rings (SSSR count). The Hall–Kier alpha value is -1.93. The van der Waals surface area contributed by atoms with E-state index in [1.807, 2.05) is 87.2 Å². The summed E-state index contributed by atoms with van der Waals surface area (Å²) in [5.74, 6) is -0.874. The van der Waals surface area contributed by atoms with Gasteiger partial charge in [0.1, 0.15) is 6.61 Å². The second kappa shape index (κ2) is 15.9. The molecule has 0 aromatic heterocycles. The van der Waals surface area contributed by atoms with Gasteiger partial charge in [-0.2, -0.15) is 0 Å². The van der Waals surface area contributed by atoms with Crippen LogP contribution in [0.15, 0.2) is 54.6 Å². The van der Waals surface area contributed by atoms with Crippen LogP contribution in [-0.2, 0) is 25.1 Å². The highest BCUT2D eigenvalue weighted by atomic mass is 35.5. The number of nitrogens with zero attached hydrogens (tertiary/aromatic N) is 1. The van der Waals surface area contributed by atoms with Crippen LogP contribution in [0, 0.1) is 0 Å². The summed E-state index contributed by atoms with van der Waals surface area (Å²) in [5.41, 5.74) is 0.994. The van der Waals surface area contributed by atoms with Gasteiger partial charge in [-0.3, -0.25) is 13.8 Å². The first-order chi connectivity index (χ1) is 16.5. The van der Waals surface area contributed by atoms with Crippen LogP contribution in [0.1, 0.15) is 52.6 Å². The molecule has 0 bridgehead atoms. The minimum Gasteiger partial charge on any atom is -0.481 e. The number of hydrogen-bond acceptors (Lipinski definition) is 4. The Bertz CT molecular complexity index is 937. The molecule has 0 saturated carbocycles. The van der Waals surface area contributed by atoms with Crippen molar-refractivity contribution in [3.8, 4) is 0 Å². The molecule has 1 aliphatic heterocycles. The number of carbonyl (C=O) groups excluding carboxylic acids is 1. The lowest BCUT2D eigenvalue weighted by atomic mass is 10.00. The summed E-state index contributed by atoms with van der Waals surface area (Å²) >= 11 is 11.5. The molecule has 2 aromatic rings. The molecule has 1 N–H and O–H groups in total. The summed E-state index contributed by atoms with van der Waals surface area (Å²) in [6.45, 7) is 9.55. The number of ether oxygens (including phenoxy) is 1. The number of carboxylic acids is 1. The fraction of sp³-hybridized carbons (Fsp3) is 0.462. The first-order valence-corrected chi connectivity index (χ1v) is 13.5. The van der Waals surface area contributed by atoms with E-state index in [4.69, 9.17) is 37.8 Å². The van der Waals surface area contributed by atoms with Crippen molar-refractivity contribution in [3.05, 3.63) is 70.2 Å². The van der Waals surface area contributed by atoms with Crippen LogP contribution in [0.3, 0.4) is 0 Å². The van der Waals surface area contributed by atoms with Gasteiger partial charge in [0.2, 0.25) is 5.91 Å². The van der Waals surface area contributed by atoms with Gasteiger partial charge in [-0.15, -0.1) is 0 Å². The molecule has 35 heavy (non-hydrogen) atoms. The average Bonchev–Trinajstić information content (AvgIpc) is 2.81. The predicted octanol–water partition coefficient (Wildman–Crippen LogP) is 6.00. The molecule has 0 aliphatic carbocycles. The molecule has 1 fully saturated rings. The number of amides is 1. The summed E-state index contributed by atoms with van der Waals surface area (Å²) in [5, 5.41) is 8.85. The number of carboxylic acid groups (broad SMARTS) is 1. The van der Waals surface area contributed by atoms with Crippen molar-refractivity contribution in [1.29, 1.82) is 0 Å². The van der Waals surface area contributed by atoms with Crippen LogP contribution in [0.4, 0.5) is 0 Å². The largest absolute Gasteiger partial charge is 0.481 e. The average molecular weight is 545 g/mol. The van der Waals surface area contributed by atoms with Gasteiger partial charge in [0.25, 0.3) is 5.97 Å². The van der Waals surface area contributed by atoms with Gasteiger partial charge in [0.05, 0.1) is 17.9 Å². The molecule has 1 aliphatic rings. The number of benzene rings is 2. The number of morpholine rings is 1. The Morgan fingerprint density at radius 2 is 1.60 bits per heavy atom. The van der Waals surface area contributed by atoms with Crippen molar-refractivity contribution in [3.63, 3.8) is 0 Å². The molecule has 0 spiro atoms. The van der Waals surface area contributed by atoms with E-state index in [2.05, 4.69) is 0 Å². The molecule has 0 radical (unpaired) electrons. The molecule has 194 valence electrons. The van der Waals surface area contributed by atoms with E-state index in [9.17, 15) is 9.00 Å². The zero-order valence-corrected chi connectivity index (χ0v) is 23.1. The molecular formula is C26H35Cl2NO5S. The van der Waals surface area contributed by atoms with E-state index in [0.717, 1.165) is 23.9 Å². The normalized spacial score (nSPS) is 17.9. The molecular weight excluding hydrogens is 509 g/mol. The van der Waals surface area contributed by atoms with E-state index in [0.29, 0.717) is 11.6 Å². The van der Waals surface area contributed by atoms with E-state index in [1.165, 1.54) is 0 Å². The lowest BCUT2D eigenvalue weighted by Crippen LogP contribution is -2.54. The maximum atomic E-state index is 12.6. The summed E-state index contributed by atoms with van der Waals surface area (Å²) in [4.78, 5) is 23.5. The highest BCUT2D eigenvalue weighted by molar-refractivity contribution is 7.86. The monoisotopic (exact) mass is 543 g/mol. The number of aliphatic carboxylic acids is 1. The van der Waals surface area contributed by atoms with Gasteiger partial charge in [-0.1, -0.05) is 74.3 Å². The summed E-state index contributed by atoms with van der Waals surface area (Å²) < 4.78 is 18.1. The van der Waals surface area contributed by atoms with Gasteiger partial charge in [0, 0.05) is 39.1 Å². The zero-order valence-electron chi connectivity index (χ0n) is 20.8. The van der Waals surface area contributed by atoms with Gasteiger partial charge in [-0.25, -0.2) is 0 Å². The van der Waals surface area contributed by atoms with Crippen molar-refractivity contribution in [2.24, 2.45) is 0 Å². The lowest BCUT2D eigenvalue weighted by Gasteiger charge is -2.43. The zero-order chi connectivity index (χ0) is 26.5. The van der Waals surface area contributed by atoms with Gasteiger partial charge in [-0.05, 0) is 43.2 Å². The number of carbonyl (C=O) groups is 2. The standard InChI is InChI=1S/C18H26ClNO3S.C6H5Cl.C2H4O2/c1-5-16(13(4)24(22)12(2)3)20-17(10-23-11-18(20)21)14-6-8-15(19)9-7-14;7-6-4-2-1-3-5-6;1-2(3)4/h6-9,12-13,16-17H,5,10-11H2,1-4H3;1-5H;1H3,(H,3,4). The van der Waals surface area contributed by atoms with Crippen molar-refractivity contribution in [2.45, 2.75) is 63.6 Å². The van der Waals surface area contributed by atoms with Gasteiger partial charge >= 0.3 is 0 Å². The molecule has 1 amide bonds. The highest BCUT2D eigenvalue weighted by Crippen LogP contribution is 2.31. The van der Waals surface area contributed by atoms with Gasteiger partial charge < -0.3 is 14.7 Å². The Morgan fingerprint density at radius 3 is 2.03 bits per heavy atom. The Balaban J connectivity index is 0.000000458. The topological polar surface area (TPSA) is 83.9 Å². The van der Waals surface area contributed by atoms with Crippen LogP contribution < -0.4 is 0 Å². The van der Waals surface area contributed by atoms with Crippen LogP contribution >= 0.6 is 23.2 Å². The minimum absolute atomic E-state index is 0.0411. The lowest BCUT2D eigenvalue weighted by molar-refractivity contribution is -0.152. The number of hydrogen-bond donors (Lipinski definition) is 1. The summed E-state index contributed by atoms with van der Waals surface area (Å²) in [6.07, 6.45) is 0.759. The molecule has 4 unspecified atom stereocenters. The van der Waals surface area contributed by atoms with Crippen molar-refractivity contribution >= 4 is 45.9 Å². The molecule has 1 saturated heterocycles. The minimum atomic E-state index is -0.994. The fourth-order valence-electron chi connectivity index (χ4n) is 3.70. The number of halogens is 2. The summed E-state index contributed by atoms with van der Waals surface area (Å²) in [7, 11) is -0.994. The van der Waals surface area contributed by atoms with Gasteiger partial charge in [0.15, 0.2) is 0 Å². The smallest absolute Gasteiger partial charge is 0.300 e. The molecule has 2 aromatic carbocycles. The van der Waals surface area contributed by atoms with E-state index < -0.39 is 16.8 Å². The highest BCUT2D eigenvalue weighted by Gasteiger charge is 2.38.